The van der Waals surface area contributed by atoms with Gasteiger partial charge < -0.3 is 10.4 Å². The van der Waals surface area contributed by atoms with Crippen LogP contribution in [-0.2, 0) is 0 Å². The number of fused-ring (bicyclic) bond motifs is 1. The zero-order chi connectivity index (χ0) is 17.1. The summed E-state index contributed by atoms with van der Waals surface area (Å²) in [6, 6.07) is 2.23. The van der Waals surface area contributed by atoms with E-state index < -0.39 is 0 Å². The highest BCUT2D eigenvalue weighted by atomic mass is 79.9. The first-order chi connectivity index (χ1) is 11.3. The Morgan fingerprint density at radius 2 is 2.00 bits per heavy atom. The molecule has 2 aliphatic rings. The van der Waals surface area contributed by atoms with Crippen LogP contribution in [0.1, 0.15) is 57.9 Å². The van der Waals surface area contributed by atoms with Crippen LogP contribution < -0.4 is 10.7 Å². The average Bonchev–Trinajstić information content (AvgIpc) is 2.93. The number of nitrogens with zero attached hydrogens (tertiary/aromatic N) is 1. The van der Waals surface area contributed by atoms with E-state index in [2.05, 4.69) is 53.3 Å². The first-order valence-corrected chi connectivity index (χ1v) is 9.73. The lowest BCUT2D eigenvalue weighted by Crippen LogP contribution is -2.68. The number of aromatic nitrogens is 2. The van der Waals surface area contributed by atoms with Crippen molar-refractivity contribution in [3.05, 3.63) is 38.7 Å². The van der Waals surface area contributed by atoms with Gasteiger partial charge in [-0.05, 0) is 63.9 Å². The van der Waals surface area contributed by atoms with Gasteiger partial charge >= 0.3 is 0 Å². The third-order valence-electron chi connectivity index (χ3n) is 6.23. The molecule has 2 fully saturated rings. The van der Waals surface area contributed by atoms with Crippen molar-refractivity contribution in [1.82, 2.24) is 14.9 Å². The minimum absolute atomic E-state index is 0.0547. The van der Waals surface area contributed by atoms with Crippen molar-refractivity contribution in [3.8, 4) is 0 Å². The van der Waals surface area contributed by atoms with E-state index in [0.29, 0.717) is 27.3 Å². The average molecular weight is 392 g/mol. The fourth-order valence-electron chi connectivity index (χ4n) is 5.09. The quantitative estimate of drug-likeness (QED) is 0.769. The van der Waals surface area contributed by atoms with Crippen LogP contribution in [-0.4, -0.2) is 22.2 Å². The molecule has 2 N–H and O–H groups in total. The lowest BCUT2D eigenvalue weighted by Gasteiger charge is -2.59. The molecule has 3 heterocycles. The number of hydrogen-bond acceptors (Lipinski definition) is 2. The molecule has 1 unspecified atom stereocenters. The Kier molecular flexibility index (Phi) is 3.73. The Bertz CT molecular complexity index is 821. The topological polar surface area (TPSA) is 49.3 Å². The van der Waals surface area contributed by atoms with Crippen molar-refractivity contribution >= 4 is 21.4 Å². The highest BCUT2D eigenvalue weighted by molar-refractivity contribution is 9.10. The first kappa shape index (κ1) is 16.4. The Balaban J connectivity index is 1.59. The fraction of sp³-hybridized carbons (Fsp3) is 0.632. The van der Waals surface area contributed by atoms with Gasteiger partial charge in [0.1, 0.15) is 0 Å². The van der Waals surface area contributed by atoms with E-state index in [-0.39, 0.29) is 5.43 Å². The van der Waals surface area contributed by atoms with Crippen molar-refractivity contribution in [2.75, 3.05) is 6.54 Å². The highest BCUT2D eigenvalue weighted by Gasteiger charge is 2.52. The molecule has 2 aromatic rings. The third kappa shape index (κ3) is 2.39. The SMILES string of the molecule is CC(C)(C)C1NCC12CCC(c1c[nH]n3ccc(=O)c(Br)c13)CC2. The summed E-state index contributed by atoms with van der Waals surface area (Å²) in [5.41, 5.74) is 3.16. The molecule has 1 spiro atoms. The summed E-state index contributed by atoms with van der Waals surface area (Å²) in [6.45, 7) is 8.21. The first-order valence-electron chi connectivity index (χ1n) is 8.93. The molecule has 0 bridgehead atoms. The minimum atomic E-state index is 0.0547. The molecule has 4 rings (SSSR count). The van der Waals surface area contributed by atoms with Gasteiger partial charge in [0.25, 0.3) is 0 Å². The number of pyridine rings is 1. The molecule has 1 aliphatic heterocycles. The molecule has 1 saturated carbocycles. The Labute approximate surface area is 151 Å². The van der Waals surface area contributed by atoms with Gasteiger partial charge in [-0.15, -0.1) is 0 Å². The van der Waals surface area contributed by atoms with E-state index in [9.17, 15) is 4.79 Å². The molecule has 5 heteroatoms. The van der Waals surface area contributed by atoms with Gasteiger partial charge in [-0.3, -0.25) is 9.31 Å². The van der Waals surface area contributed by atoms with Gasteiger partial charge in [0.2, 0.25) is 0 Å². The second kappa shape index (κ2) is 5.46. The third-order valence-corrected chi connectivity index (χ3v) is 7.00. The number of nitrogens with one attached hydrogen (secondary N) is 2. The predicted octanol–water partition coefficient (Wildman–Crippen LogP) is 4.05. The monoisotopic (exact) mass is 391 g/mol. The maximum atomic E-state index is 12.0. The standard InChI is InChI=1S/C19H26BrN3O/c1-18(2,3)17-19(11-21-17)7-4-12(5-8-19)13-10-22-23-9-6-14(24)15(20)16(13)23/h6,9-10,12,17,21-22H,4-5,7-8,11H2,1-3H3. The number of hydrogen-bond donors (Lipinski definition) is 2. The Morgan fingerprint density at radius 1 is 1.29 bits per heavy atom. The smallest absolute Gasteiger partial charge is 0.196 e. The van der Waals surface area contributed by atoms with Crippen LogP contribution >= 0.6 is 15.9 Å². The summed E-state index contributed by atoms with van der Waals surface area (Å²) in [7, 11) is 0. The van der Waals surface area contributed by atoms with Gasteiger partial charge in [-0.1, -0.05) is 20.8 Å². The summed E-state index contributed by atoms with van der Waals surface area (Å²) >= 11 is 3.50. The second-order valence-corrected chi connectivity index (χ2v) is 9.55. The van der Waals surface area contributed by atoms with Crippen LogP contribution in [0.2, 0.25) is 0 Å². The van der Waals surface area contributed by atoms with E-state index in [4.69, 9.17) is 0 Å². The molecular weight excluding hydrogens is 366 g/mol. The second-order valence-electron chi connectivity index (χ2n) is 8.76. The fourth-order valence-corrected chi connectivity index (χ4v) is 5.64. The molecule has 1 atom stereocenters. The summed E-state index contributed by atoms with van der Waals surface area (Å²) in [6.07, 6.45) is 8.87. The predicted molar refractivity (Wildman–Crippen MR) is 101 cm³/mol. The van der Waals surface area contributed by atoms with Gasteiger partial charge in [0.15, 0.2) is 5.43 Å². The number of aromatic amines is 1. The van der Waals surface area contributed by atoms with E-state index >= 15 is 0 Å². The summed E-state index contributed by atoms with van der Waals surface area (Å²) in [4.78, 5) is 12.0. The summed E-state index contributed by atoms with van der Waals surface area (Å²) in [5.74, 6) is 0.538. The summed E-state index contributed by atoms with van der Waals surface area (Å²) < 4.78 is 2.63. The molecule has 130 valence electrons. The maximum absolute atomic E-state index is 12.0. The van der Waals surface area contributed by atoms with Gasteiger partial charge in [-0.2, -0.15) is 0 Å². The van der Waals surface area contributed by atoms with E-state index in [0.717, 1.165) is 5.52 Å². The maximum Gasteiger partial charge on any atom is 0.196 e. The molecule has 2 aromatic heterocycles. The molecule has 4 nitrogen and oxygen atoms in total. The minimum Gasteiger partial charge on any atom is -0.312 e. The van der Waals surface area contributed by atoms with Crippen molar-refractivity contribution in [2.24, 2.45) is 10.8 Å². The molecule has 1 saturated heterocycles. The number of rotatable bonds is 1. The van der Waals surface area contributed by atoms with Crippen LogP contribution in [0.3, 0.4) is 0 Å². The zero-order valence-corrected chi connectivity index (χ0v) is 16.2. The molecular formula is C19H26BrN3O. The molecule has 0 radical (unpaired) electrons. The van der Waals surface area contributed by atoms with Gasteiger partial charge in [-0.25, -0.2) is 0 Å². The van der Waals surface area contributed by atoms with Crippen molar-refractivity contribution in [1.29, 1.82) is 0 Å². The van der Waals surface area contributed by atoms with Crippen LogP contribution in [0, 0.1) is 10.8 Å². The zero-order valence-electron chi connectivity index (χ0n) is 14.7. The van der Waals surface area contributed by atoms with E-state index in [1.54, 1.807) is 6.07 Å². The lowest BCUT2D eigenvalue weighted by molar-refractivity contribution is -0.0273. The van der Waals surface area contributed by atoms with E-state index in [1.807, 2.05) is 10.7 Å². The van der Waals surface area contributed by atoms with Crippen molar-refractivity contribution in [2.45, 2.75) is 58.4 Å². The van der Waals surface area contributed by atoms with Crippen molar-refractivity contribution < 1.29 is 0 Å². The molecule has 24 heavy (non-hydrogen) atoms. The molecule has 0 amide bonds. The van der Waals surface area contributed by atoms with Gasteiger partial charge in [0.05, 0.1) is 9.99 Å². The Morgan fingerprint density at radius 3 is 2.58 bits per heavy atom. The largest absolute Gasteiger partial charge is 0.312 e. The van der Waals surface area contributed by atoms with Crippen LogP contribution in [0.5, 0.6) is 0 Å². The van der Waals surface area contributed by atoms with Gasteiger partial charge in [0, 0.05) is 31.0 Å². The van der Waals surface area contributed by atoms with Crippen LogP contribution in [0.4, 0.5) is 0 Å². The molecule has 1 aliphatic carbocycles. The lowest BCUT2D eigenvalue weighted by atomic mass is 9.56. The summed E-state index contributed by atoms with van der Waals surface area (Å²) in [5, 5.41) is 6.95. The number of H-pyrrole nitrogens is 1. The van der Waals surface area contributed by atoms with E-state index in [1.165, 1.54) is 37.8 Å². The normalized spacial score (nSPS) is 30.7. The Hall–Kier alpha value is -1.07. The highest BCUT2D eigenvalue weighted by Crippen LogP contribution is 2.53. The van der Waals surface area contributed by atoms with Crippen molar-refractivity contribution in [3.63, 3.8) is 0 Å². The molecule has 0 aromatic carbocycles. The van der Waals surface area contributed by atoms with Crippen LogP contribution in [0.25, 0.3) is 5.52 Å². The van der Waals surface area contributed by atoms with Crippen LogP contribution in [0.15, 0.2) is 27.7 Å². The number of halogens is 1.